The van der Waals surface area contributed by atoms with Gasteiger partial charge in [-0.15, -0.1) is 18.3 Å². The Balaban J connectivity index is 2.22. The topological polar surface area (TPSA) is 83.3 Å². The van der Waals surface area contributed by atoms with Crippen LogP contribution in [0.5, 0.6) is 11.5 Å². The summed E-state index contributed by atoms with van der Waals surface area (Å²) in [5, 5.41) is 19.7. The lowest BCUT2D eigenvalue weighted by atomic mass is 10.2. The van der Waals surface area contributed by atoms with Crippen LogP contribution in [-0.4, -0.2) is 34.5 Å². The predicted molar refractivity (Wildman–Crippen MR) is 78.1 cm³/mol. The van der Waals surface area contributed by atoms with Crippen LogP contribution in [-0.2, 0) is 4.79 Å². The number of nitrogens with zero attached hydrogens (tertiary/aromatic N) is 2. The van der Waals surface area contributed by atoms with Crippen LogP contribution in [0.2, 0.25) is 0 Å². The molecule has 6 nitrogen and oxygen atoms in total. The SMILES string of the molecule is O=C1CSC(=NN=Cc2cc(Br)cc(OC(F)(F)F)c2O)N1. The number of alkyl halides is 3. The number of phenols is 1. The van der Waals surface area contributed by atoms with E-state index in [0.717, 1.165) is 24.0 Å². The van der Waals surface area contributed by atoms with Gasteiger partial charge in [0.1, 0.15) is 0 Å². The highest BCUT2D eigenvalue weighted by atomic mass is 79.9. The lowest BCUT2D eigenvalue weighted by molar-refractivity contribution is -0.275. The van der Waals surface area contributed by atoms with Gasteiger partial charge in [-0.05, 0) is 12.1 Å². The number of hydrogen-bond acceptors (Lipinski definition) is 6. The summed E-state index contributed by atoms with van der Waals surface area (Å²) in [4.78, 5) is 10.9. The van der Waals surface area contributed by atoms with Crippen molar-refractivity contribution in [2.45, 2.75) is 6.36 Å². The quantitative estimate of drug-likeness (QED) is 0.606. The summed E-state index contributed by atoms with van der Waals surface area (Å²) in [6.45, 7) is 0. The van der Waals surface area contributed by atoms with Crippen molar-refractivity contribution in [3.63, 3.8) is 0 Å². The van der Waals surface area contributed by atoms with Gasteiger partial charge in [-0.1, -0.05) is 27.7 Å². The van der Waals surface area contributed by atoms with Crippen molar-refractivity contribution in [3.05, 3.63) is 22.2 Å². The number of hydrogen-bond donors (Lipinski definition) is 2. The average molecular weight is 398 g/mol. The van der Waals surface area contributed by atoms with E-state index < -0.39 is 17.9 Å². The highest BCUT2D eigenvalue weighted by molar-refractivity contribution is 9.10. The van der Waals surface area contributed by atoms with E-state index in [-0.39, 0.29) is 26.9 Å². The van der Waals surface area contributed by atoms with Gasteiger partial charge < -0.3 is 15.2 Å². The molecule has 0 radical (unpaired) electrons. The van der Waals surface area contributed by atoms with Crippen LogP contribution in [0.3, 0.4) is 0 Å². The maximum Gasteiger partial charge on any atom is 0.573 e. The standard InChI is InChI=1S/C11H7BrF3N3O3S/c12-6-1-5(3-16-18-10-17-8(19)4-22-10)9(20)7(2-6)21-11(13,14)15/h1-3,20H,4H2,(H,17,18,19). The van der Waals surface area contributed by atoms with Crippen LogP contribution in [0.15, 0.2) is 26.8 Å². The molecule has 0 saturated carbocycles. The van der Waals surface area contributed by atoms with Gasteiger partial charge in [-0.25, -0.2) is 0 Å². The summed E-state index contributed by atoms with van der Waals surface area (Å²) < 4.78 is 40.7. The Morgan fingerprint density at radius 2 is 2.18 bits per heavy atom. The highest BCUT2D eigenvalue weighted by Crippen LogP contribution is 2.36. The van der Waals surface area contributed by atoms with Crippen LogP contribution in [0.1, 0.15) is 5.56 Å². The Labute approximate surface area is 134 Å². The summed E-state index contributed by atoms with van der Waals surface area (Å²) in [6, 6.07) is 2.31. The molecular formula is C11H7BrF3N3O3S. The molecule has 1 heterocycles. The van der Waals surface area contributed by atoms with Gasteiger partial charge in [-0.3, -0.25) is 4.79 Å². The minimum Gasteiger partial charge on any atom is -0.504 e. The van der Waals surface area contributed by atoms with Crippen molar-refractivity contribution < 1.29 is 27.8 Å². The van der Waals surface area contributed by atoms with Crippen LogP contribution >= 0.6 is 27.7 Å². The lowest BCUT2D eigenvalue weighted by Gasteiger charge is -2.12. The Bertz CT molecular complexity index is 664. The first kappa shape index (κ1) is 16.6. The Morgan fingerprint density at radius 1 is 1.45 bits per heavy atom. The molecule has 11 heteroatoms. The molecule has 2 N–H and O–H groups in total. The van der Waals surface area contributed by atoms with Gasteiger partial charge in [-0.2, -0.15) is 5.10 Å². The van der Waals surface area contributed by atoms with E-state index in [1.54, 1.807) is 0 Å². The number of ether oxygens (including phenoxy) is 1. The summed E-state index contributed by atoms with van der Waals surface area (Å²) in [5.41, 5.74) is -0.0349. The van der Waals surface area contributed by atoms with E-state index in [4.69, 9.17) is 0 Å². The molecule has 22 heavy (non-hydrogen) atoms. The van der Waals surface area contributed by atoms with Gasteiger partial charge >= 0.3 is 6.36 Å². The Kier molecular flexibility index (Phi) is 4.96. The third-order valence-electron chi connectivity index (χ3n) is 2.23. The molecule has 1 aliphatic heterocycles. The smallest absolute Gasteiger partial charge is 0.504 e. The van der Waals surface area contributed by atoms with E-state index in [1.165, 1.54) is 6.07 Å². The van der Waals surface area contributed by atoms with Crippen LogP contribution < -0.4 is 10.1 Å². The largest absolute Gasteiger partial charge is 0.573 e. The average Bonchev–Trinajstić information content (AvgIpc) is 2.79. The number of benzene rings is 1. The molecule has 1 fully saturated rings. The normalized spacial score (nSPS) is 17.3. The van der Waals surface area contributed by atoms with Crippen molar-refractivity contribution in [2.75, 3.05) is 5.75 Å². The summed E-state index contributed by atoms with van der Waals surface area (Å²) in [6.07, 6.45) is -3.89. The second-order valence-electron chi connectivity index (χ2n) is 3.88. The summed E-state index contributed by atoms with van der Waals surface area (Å²) in [5.74, 6) is -1.49. The van der Waals surface area contributed by atoms with Crippen LogP contribution in [0.25, 0.3) is 0 Å². The first-order valence-corrected chi connectivity index (χ1v) is 7.34. The third kappa shape index (κ3) is 4.63. The van der Waals surface area contributed by atoms with Gasteiger partial charge in [0.15, 0.2) is 16.7 Å². The predicted octanol–water partition coefficient (Wildman–Crippen LogP) is 2.61. The Hall–Kier alpha value is -1.75. The van der Waals surface area contributed by atoms with E-state index in [0.29, 0.717) is 0 Å². The van der Waals surface area contributed by atoms with Crippen molar-refractivity contribution in [1.82, 2.24) is 5.32 Å². The van der Waals surface area contributed by atoms with Crippen LogP contribution in [0, 0.1) is 0 Å². The molecule has 1 saturated heterocycles. The number of carbonyl (C=O) groups is 1. The zero-order valence-electron chi connectivity index (χ0n) is 10.5. The van der Waals surface area contributed by atoms with Gasteiger partial charge in [0.05, 0.1) is 12.0 Å². The maximum absolute atomic E-state index is 12.2. The number of nitrogens with one attached hydrogen (secondary N) is 1. The summed E-state index contributed by atoms with van der Waals surface area (Å²) in [7, 11) is 0. The Morgan fingerprint density at radius 3 is 2.77 bits per heavy atom. The minimum atomic E-state index is -4.93. The van der Waals surface area contributed by atoms with E-state index in [9.17, 15) is 23.1 Å². The minimum absolute atomic E-state index is 0.0349. The second-order valence-corrected chi connectivity index (χ2v) is 5.76. The highest BCUT2D eigenvalue weighted by Gasteiger charge is 2.32. The molecule has 0 spiro atoms. The fourth-order valence-corrected chi connectivity index (χ4v) is 2.50. The van der Waals surface area contributed by atoms with Crippen molar-refractivity contribution in [2.24, 2.45) is 10.2 Å². The molecule has 1 amide bonds. The van der Waals surface area contributed by atoms with E-state index in [1.807, 2.05) is 0 Å². The van der Waals surface area contributed by atoms with Gasteiger partial charge in [0.2, 0.25) is 5.91 Å². The fourth-order valence-electron chi connectivity index (χ4n) is 1.42. The molecule has 0 unspecified atom stereocenters. The second kappa shape index (κ2) is 6.57. The molecule has 0 aromatic heterocycles. The zero-order valence-corrected chi connectivity index (χ0v) is 12.9. The number of rotatable bonds is 3. The number of aromatic hydroxyl groups is 1. The molecule has 118 valence electrons. The molecule has 1 aromatic rings. The number of amidine groups is 1. The number of phenolic OH excluding ortho intramolecular Hbond substituents is 1. The van der Waals surface area contributed by atoms with Crippen molar-refractivity contribution in [1.29, 1.82) is 0 Å². The molecular weight excluding hydrogens is 391 g/mol. The number of halogens is 4. The van der Waals surface area contributed by atoms with Gasteiger partial charge in [0.25, 0.3) is 0 Å². The number of thioether (sulfide) groups is 1. The monoisotopic (exact) mass is 397 g/mol. The van der Waals surface area contributed by atoms with Crippen molar-refractivity contribution in [3.8, 4) is 11.5 Å². The third-order valence-corrected chi connectivity index (χ3v) is 3.55. The number of carbonyl (C=O) groups excluding carboxylic acids is 1. The maximum atomic E-state index is 12.2. The molecule has 1 aliphatic rings. The molecule has 0 aliphatic carbocycles. The molecule has 1 aromatic carbocycles. The lowest BCUT2D eigenvalue weighted by Crippen LogP contribution is -2.19. The van der Waals surface area contributed by atoms with Gasteiger partial charge in [0, 0.05) is 10.0 Å². The van der Waals surface area contributed by atoms with Crippen LogP contribution in [0.4, 0.5) is 13.2 Å². The molecule has 2 rings (SSSR count). The summed E-state index contributed by atoms with van der Waals surface area (Å²) >= 11 is 4.14. The van der Waals surface area contributed by atoms with E-state index >= 15 is 0 Å². The van der Waals surface area contributed by atoms with Crippen molar-refractivity contribution >= 4 is 45.0 Å². The fraction of sp³-hybridized carbons (Fsp3) is 0.182. The molecule has 0 atom stereocenters. The molecule has 0 bridgehead atoms. The first-order valence-electron chi connectivity index (χ1n) is 5.56. The zero-order chi connectivity index (χ0) is 16.3. The number of amides is 1. The van der Waals surface area contributed by atoms with E-state index in [2.05, 4.69) is 36.2 Å². The first-order chi connectivity index (χ1) is 10.2.